The molecule has 0 atom stereocenters. The summed E-state index contributed by atoms with van der Waals surface area (Å²) in [5.41, 5.74) is 1.02. The predicted molar refractivity (Wildman–Crippen MR) is 54.9 cm³/mol. The second kappa shape index (κ2) is 4.96. The van der Waals surface area contributed by atoms with Gasteiger partial charge in [-0.3, -0.25) is 0 Å². The summed E-state index contributed by atoms with van der Waals surface area (Å²) in [4.78, 5) is 0. The Labute approximate surface area is 84.1 Å². The van der Waals surface area contributed by atoms with E-state index >= 15 is 0 Å². The average molecular weight is 197 g/mol. The summed E-state index contributed by atoms with van der Waals surface area (Å²) in [5.74, 6) is -0.0196. The molecular weight excluding hydrogens is 181 g/mol. The minimum absolute atomic E-state index is 0.299. The smallest absolute Gasteiger partial charge is 0.165 e. The summed E-state index contributed by atoms with van der Waals surface area (Å²) < 4.78 is 17.9. The van der Waals surface area contributed by atoms with E-state index in [1.165, 1.54) is 13.2 Å². The highest BCUT2D eigenvalue weighted by Gasteiger charge is 2.03. The number of halogens is 1. The summed E-state index contributed by atoms with van der Waals surface area (Å²) in [5, 5.41) is 3.25. The molecule has 0 radical (unpaired) electrons. The van der Waals surface area contributed by atoms with Crippen molar-refractivity contribution in [1.29, 1.82) is 0 Å². The van der Waals surface area contributed by atoms with E-state index in [4.69, 9.17) is 4.74 Å². The first-order chi connectivity index (χ1) is 6.63. The van der Waals surface area contributed by atoms with Gasteiger partial charge >= 0.3 is 0 Å². The van der Waals surface area contributed by atoms with Gasteiger partial charge in [-0.2, -0.15) is 0 Å². The number of nitrogens with one attached hydrogen (secondary N) is 1. The monoisotopic (exact) mass is 197 g/mol. The van der Waals surface area contributed by atoms with Crippen LogP contribution in [0.5, 0.6) is 5.75 Å². The molecule has 1 N–H and O–H groups in total. The van der Waals surface area contributed by atoms with Gasteiger partial charge in [0.25, 0.3) is 0 Å². The first kappa shape index (κ1) is 11.0. The van der Waals surface area contributed by atoms with E-state index in [0.29, 0.717) is 11.8 Å². The molecule has 0 spiro atoms. The van der Waals surface area contributed by atoms with Gasteiger partial charge in [0.05, 0.1) is 7.11 Å². The van der Waals surface area contributed by atoms with Gasteiger partial charge < -0.3 is 10.1 Å². The standard InChI is InChI=1S/C11H16FNO/c1-8(2)13-7-9-4-5-10(12)11(6-9)14-3/h4-6,8,13H,7H2,1-3H3. The summed E-state index contributed by atoms with van der Waals surface area (Å²) in [6.07, 6.45) is 0. The van der Waals surface area contributed by atoms with Gasteiger partial charge in [0, 0.05) is 12.6 Å². The van der Waals surface area contributed by atoms with E-state index in [2.05, 4.69) is 19.2 Å². The predicted octanol–water partition coefficient (Wildman–Crippen LogP) is 2.33. The van der Waals surface area contributed by atoms with Gasteiger partial charge in [0.1, 0.15) is 0 Å². The van der Waals surface area contributed by atoms with Gasteiger partial charge in [-0.05, 0) is 17.7 Å². The molecule has 0 aliphatic heterocycles. The highest BCUT2D eigenvalue weighted by atomic mass is 19.1. The molecule has 0 bridgehead atoms. The van der Waals surface area contributed by atoms with Crippen molar-refractivity contribution in [1.82, 2.24) is 5.32 Å². The number of benzene rings is 1. The number of rotatable bonds is 4. The molecule has 0 aliphatic rings. The number of hydrogen-bond donors (Lipinski definition) is 1. The van der Waals surface area contributed by atoms with E-state index in [1.807, 2.05) is 0 Å². The van der Waals surface area contributed by atoms with Crippen molar-refractivity contribution >= 4 is 0 Å². The van der Waals surface area contributed by atoms with Crippen LogP contribution in [0.3, 0.4) is 0 Å². The fourth-order valence-electron chi connectivity index (χ4n) is 1.14. The van der Waals surface area contributed by atoms with Crippen LogP contribution < -0.4 is 10.1 Å². The average Bonchev–Trinajstić information content (AvgIpc) is 2.16. The van der Waals surface area contributed by atoms with E-state index in [1.54, 1.807) is 12.1 Å². The Morgan fingerprint density at radius 3 is 2.71 bits per heavy atom. The lowest BCUT2D eigenvalue weighted by Crippen LogP contribution is -2.21. The van der Waals surface area contributed by atoms with Gasteiger partial charge in [-0.25, -0.2) is 4.39 Å². The van der Waals surface area contributed by atoms with Crippen LogP contribution >= 0.6 is 0 Å². The van der Waals surface area contributed by atoms with Crippen molar-refractivity contribution in [3.63, 3.8) is 0 Å². The highest BCUT2D eigenvalue weighted by Crippen LogP contribution is 2.17. The third-order valence-electron chi connectivity index (χ3n) is 1.93. The van der Waals surface area contributed by atoms with Crippen LogP contribution in [0.4, 0.5) is 4.39 Å². The van der Waals surface area contributed by atoms with Crippen molar-refractivity contribution in [3.05, 3.63) is 29.6 Å². The lowest BCUT2D eigenvalue weighted by atomic mass is 10.2. The van der Waals surface area contributed by atoms with Gasteiger partial charge in [-0.1, -0.05) is 19.9 Å². The third kappa shape index (κ3) is 3.00. The molecule has 1 rings (SSSR count). The molecule has 0 saturated carbocycles. The molecule has 0 heterocycles. The highest BCUT2D eigenvalue weighted by molar-refractivity contribution is 5.30. The zero-order valence-corrected chi connectivity index (χ0v) is 8.80. The Bertz CT molecular complexity index is 299. The topological polar surface area (TPSA) is 21.3 Å². The summed E-state index contributed by atoms with van der Waals surface area (Å²) in [7, 11) is 1.47. The van der Waals surface area contributed by atoms with Crippen LogP contribution in [0, 0.1) is 5.82 Å². The number of methoxy groups -OCH3 is 1. The maximum Gasteiger partial charge on any atom is 0.165 e. The third-order valence-corrected chi connectivity index (χ3v) is 1.93. The van der Waals surface area contributed by atoms with Gasteiger partial charge in [-0.15, -0.1) is 0 Å². The van der Waals surface area contributed by atoms with Crippen LogP contribution in [0.2, 0.25) is 0 Å². The molecule has 0 saturated heterocycles. The van der Waals surface area contributed by atoms with Crippen molar-refractivity contribution in [2.45, 2.75) is 26.4 Å². The first-order valence-corrected chi connectivity index (χ1v) is 4.69. The number of ether oxygens (including phenoxy) is 1. The summed E-state index contributed by atoms with van der Waals surface area (Å²) >= 11 is 0. The SMILES string of the molecule is COc1cc(CNC(C)C)ccc1F. The van der Waals surface area contributed by atoms with E-state index < -0.39 is 0 Å². The van der Waals surface area contributed by atoms with E-state index in [9.17, 15) is 4.39 Å². The van der Waals surface area contributed by atoms with Gasteiger partial charge in [0.2, 0.25) is 0 Å². The van der Waals surface area contributed by atoms with Crippen LogP contribution in [-0.2, 0) is 6.54 Å². The molecule has 0 fully saturated rings. The molecule has 1 aromatic rings. The van der Waals surface area contributed by atoms with Crippen LogP contribution in [0.1, 0.15) is 19.4 Å². The van der Waals surface area contributed by atoms with Crippen molar-refractivity contribution in [2.75, 3.05) is 7.11 Å². The quantitative estimate of drug-likeness (QED) is 0.799. The van der Waals surface area contributed by atoms with Crippen molar-refractivity contribution in [3.8, 4) is 5.75 Å². The number of hydrogen-bond acceptors (Lipinski definition) is 2. The molecule has 0 amide bonds. The second-order valence-electron chi connectivity index (χ2n) is 3.50. The molecule has 0 unspecified atom stereocenters. The molecule has 1 aromatic carbocycles. The minimum atomic E-state index is -0.319. The van der Waals surface area contributed by atoms with Crippen LogP contribution in [-0.4, -0.2) is 13.2 Å². The summed E-state index contributed by atoms with van der Waals surface area (Å²) in [6, 6.07) is 5.32. The largest absolute Gasteiger partial charge is 0.494 e. The van der Waals surface area contributed by atoms with E-state index in [-0.39, 0.29) is 5.82 Å². The fraction of sp³-hybridized carbons (Fsp3) is 0.455. The maximum absolute atomic E-state index is 13.0. The maximum atomic E-state index is 13.0. The zero-order chi connectivity index (χ0) is 10.6. The second-order valence-corrected chi connectivity index (χ2v) is 3.50. The Hall–Kier alpha value is -1.09. The molecule has 78 valence electrons. The lowest BCUT2D eigenvalue weighted by Gasteiger charge is -2.09. The van der Waals surface area contributed by atoms with E-state index in [0.717, 1.165) is 12.1 Å². The summed E-state index contributed by atoms with van der Waals surface area (Å²) in [6.45, 7) is 4.87. The lowest BCUT2D eigenvalue weighted by molar-refractivity contribution is 0.385. The van der Waals surface area contributed by atoms with Gasteiger partial charge in [0.15, 0.2) is 11.6 Å². The van der Waals surface area contributed by atoms with Crippen LogP contribution in [0.25, 0.3) is 0 Å². The first-order valence-electron chi connectivity index (χ1n) is 4.69. The molecule has 3 heteroatoms. The molecule has 0 aromatic heterocycles. The van der Waals surface area contributed by atoms with Crippen molar-refractivity contribution < 1.29 is 9.13 Å². The molecule has 0 aliphatic carbocycles. The zero-order valence-electron chi connectivity index (χ0n) is 8.80. The Morgan fingerprint density at radius 2 is 2.14 bits per heavy atom. The normalized spacial score (nSPS) is 10.6. The Kier molecular flexibility index (Phi) is 3.89. The Morgan fingerprint density at radius 1 is 1.43 bits per heavy atom. The molecule has 14 heavy (non-hydrogen) atoms. The van der Waals surface area contributed by atoms with Crippen molar-refractivity contribution in [2.24, 2.45) is 0 Å². The van der Waals surface area contributed by atoms with Crippen LogP contribution in [0.15, 0.2) is 18.2 Å². The molecular formula is C11H16FNO. The minimum Gasteiger partial charge on any atom is -0.494 e. The Balaban J connectivity index is 2.69. The fourth-order valence-corrected chi connectivity index (χ4v) is 1.14. The molecule has 2 nitrogen and oxygen atoms in total.